The maximum absolute atomic E-state index is 13.8. The third-order valence-electron chi connectivity index (χ3n) is 6.98. The molecule has 3 amide bonds. The van der Waals surface area contributed by atoms with Crippen molar-refractivity contribution in [1.29, 1.82) is 0 Å². The molecule has 2 aliphatic rings. The van der Waals surface area contributed by atoms with Gasteiger partial charge < -0.3 is 29.3 Å². The second-order valence-electron chi connectivity index (χ2n) is 10.2. The van der Waals surface area contributed by atoms with Crippen molar-refractivity contribution in [2.45, 2.75) is 51.8 Å². The van der Waals surface area contributed by atoms with Crippen molar-refractivity contribution in [2.75, 3.05) is 31.8 Å². The minimum absolute atomic E-state index is 0.0499. The molecular formula is C30H35N3O5S. The number of carbonyl (C=O) groups is 2. The van der Waals surface area contributed by atoms with Crippen molar-refractivity contribution < 1.29 is 23.8 Å². The molecule has 1 saturated heterocycles. The number of ether oxygens (including phenoxy) is 3. The van der Waals surface area contributed by atoms with Crippen molar-refractivity contribution >= 4 is 29.0 Å². The van der Waals surface area contributed by atoms with E-state index in [1.165, 1.54) is 5.56 Å². The van der Waals surface area contributed by atoms with Gasteiger partial charge in [-0.2, -0.15) is 0 Å². The maximum Gasteiger partial charge on any atom is 0.322 e. The van der Waals surface area contributed by atoms with Gasteiger partial charge in [-0.25, -0.2) is 4.79 Å². The van der Waals surface area contributed by atoms with E-state index in [1.54, 1.807) is 21.1 Å². The van der Waals surface area contributed by atoms with Crippen LogP contribution in [0.15, 0.2) is 60.0 Å². The summed E-state index contributed by atoms with van der Waals surface area (Å²) in [6, 6.07) is 17.3. The fourth-order valence-corrected chi connectivity index (χ4v) is 5.47. The van der Waals surface area contributed by atoms with Gasteiger partial charge in [0.25, 0.3) is 0 Å². The molecule has 3 heterocycles. The molecule has 0 aliphatic carbocycles. The monoisotopic (exact) mass is 549 g/mol. The minimum Gasteiger partial charge on any atom is -0.454 e. The molecule has 0 saturated carbocycles. The van der Waals surface area contributed by atoms with Gasteiger partial charge in [-0.1, -0.05) is 38.1 Å². The number of hydrogen-bond donors (Lipinski definition) is 1. The normalized spacial score (nSPS) is 15.9. The molecule has 0 bridgehead atoms. The number of benzene rings is 2. The van der Waals surface area contributed by atoms with Crippen molar-refractivity contribution in [3.05, 3.63) is 76.0 Å². The first-order valence-electron chi connectivity index (χ1n) is 13.4. The highest BCUT2D eigenvalue weighted by Gasteiger charge is 2.27. The lowest BCUT2D eigenvalue weighted by molar-refractivity contribution is -0.133. The molecule has 0 radical (unpaired) electrons. The number of nitrogens with one attached hydrogen (secondary N) is 1. The van der Waals surface area contributed by atoms with E-state index in [1.807, 2.05) is 60.0 Å². The van der Waals surface area contributed by atoms with Gasteiger partial charge in [-0.3, -0.25) is 4.79 Å². The van der Waals surface area contributed by atoms with Crippen LogP contribution in [-0.4, -0.2) is 54.3 Å². The zero-order valence-electron chi connectivity index (χ0n) is 22.4. The van der Waals surface area contributed by atoms with Crippen LogP contribution in [0.25, 0.3) is 0 Å². The number of anilines is 1. The van der Waals surface area contributed by atoms with E-state index in [0.29, 0.717) is 49.3 Å². The molecule has 206 valence electrons. The summed E-state index contributed by atoms with van der Waals surface area (Å²) in [5, 5.41) is 4.98. The van der Waals surface area contributed by atoms with Crippen LogP contribution in [0.2, 0.25) is 0 Å². The predicted molar refractivity (Wildman–Crippen MR) is 151 cm³/mol. The van der Waals surface area contributed by atoms with Crippen LogP contribution < -0.4 is 14.8 Å². The van der Waals surface area contributed by atoms with Crippen LogP contribution in [0.4, 0.5) is 10.5 Å². The molecule has 1 unspecified atom stereocenters. The SMILES string of the molecule is CC(C)c1ccc(NC(=O)N(CC(=O)N(Cc2ccc3c(c2)OCO3)Cc2cccs2)CC2CCCO2)cc1. The summed E-state index contributed by atoms with van der Waals surface area (Å²) in [5.41, 5.74) is 2.83. The van der Waals surface area contributed by atoms with E-state index in [0.717, 1.165) is 23.3 Å². The predicted octanol–water partition coefficient (Wildman–Crippen LogP) is 5.84. The summed E-state index contributed by atoms with van der Waals surface area (Å²) in [6.45, 7) is 6.30. The maximum atomic E-state index is 13.8. The Balaban J connectivity index is 1.32. The molecule has 3 aromatic rings. The fourth-order valence-electron chi connectivity index (χ4n) is 4.75. The lowest BCUT2D eigenvalue weighted by Crippen LogP contribution is -2.46. The highest BCUT2D eigenvalue weighted by Crippen LogP contribution is 2.33. The number of rotatable bonds is 10. The van der Waals surface area contributed by atoms with Gasteiger partial charge in [0.1, 0.15) is 6.54 Å². The first-order chi connectivity index (χ1) is 18.9. The Morgan fingerprint density at radius 1 is 1.03 bits per heavy atom. The third-order valence-corrected chi connectivity index (χ3v) is 7.84. The Kier molecular flexibility index (Phi) is 8.68. The fraction of sp³-hybridized carbons (Fsp3) is 0.400. The lowest BCUT2D eigenvalue weighted by Gasteiger charge is -2.29. The molecule has 1 atom stereocenters. The summed E-state index contributed by atoms with van der Waals surface area (Å²) < 4.78 is 16.8. The van der Waals surface area contributed by atoms with Gasteiger partial charge in [0, 0.05) is 30.3 Å². The number of fused-ring (bicyclic) bond motifs is 1. The molecule has 1 aromatic heterocycles. The second kappa shape index (κ2) is 12.5. The molecule has 1 fully saturated rings. The van der Waals surface area contributed by atoms with Gasteiger partial charge >= 0.3 is 6.03 Å². The van der Waals surface area contributed by atoms with Crippen LogP contribution in [0.1, 0.15) is 48.6 Å². The van der Waals surface area contributed by atoms with Crippen molar-refractivity contribution in [3.63, 3.8) is 0 Å². The van der Waals surface area contributed by atoms with Crippen LogP contribution in [0.3, 0.4) is 0 Å². The Labute approximate surface area is 233 Å². The number of nitrogens with zero attached hydrogens (tertiary/aromatic N) is 2. The van der Waals surface area contributed by atoms with Crippen molar-refractivity contribution in [3.8, 4) is 11.5 Å². The van der Waals surface area contributed by atoms with Crippen LogP contribution in [-0.2, 0) is 22.6 Å². The number of amides is 3. The van der Waals surface area contributed by atoms with Crippen molar-refractivity contribution in [1.82, 2.24) is 9.80 Å². The van der Waals surface area contributed by atoms with Crippen LogP contribution in [0, 0.1) is 0 Å². The summed E-state index contributed by atoms with van der Waals surface area (Å²) in [6.07, 6.45) is 1.75. The van der Waals surface area contributed by atoms with E-state index in [2.05, 4.69) is 19.2 Å². The lowest BCUT2D eigenvalue weighted by atomic mass is 10.0. The molecule has 2 aliphatic heterocycles. The number of urea groups is 1. The van der Waals surface area contributed by atoms with Gasteiger partial charge in [0.05, 0.1) is 12.6 Å². The zero-order chi connectivity index (χ0) is 27.2. The Hall–Kier alpha value is -3.56. The van der Waals surface area contributed by atoms with Crippen LogP contribution in [0.5, 0.6) is 11.5 Å². The average Bonchev–Trinajstić information content (AvgIpc) is 3.71. The number of thiophene rings is 1. The topological polar surface area (TPSA) is 80.3 Å². The largest absolute Gasteiger partial charge is 0.454 e. The Morgan fingerprint density at radius 2 is 1.85 bits per heavy atom. The molecule has 5 rings (SSSR count). The minimum atomic E-state index is -0.310. The van der Waals surface area contributed by atoms with E-state index in [-0.39, 0.29) is 31.4 Å². The summed E-state index contributed by atoms with van der Waals surface area (Å²) in [5.74, 6) is 1.65. The molecule has 39 heavy (non-hydrogen) atoms. The van der Waals surface area contributed by atoms with Gasteiger partial charge in [-0.05, 0) is 65.6 Å². The number of carbonyl (C=O) groups excluding carboxylic acids is 2. The Morgan fingerprint density at radius 3 is 2.56 bits per heavy atom. The van der Waals surface area contributed by atoms with Crippen LogP contribution >= 0.6 is 11.3 Å². The van der Waals surface area contributed by atoms with E-state index in [9.17, 15) is 9.59 Å². The molecule has 9 heteroatoms. The molecule has 2 aromatic carbocycles. The quantitative estimate of drug-likeness (QED) is 0.344. The third kappa shape index (κ3) is 7.10. The molecular weight excluding hydrogens is 514 g/mol. The molecule has 0 spiro atoms. The summed E-state index contributed by atoms with van der Waals surface area (Å²) >= 11 is 1.60. The van der Waals surface area contributed by atoms with E-state index < -0.39 is 0 Å². The van der Waals surface area contributed by atoms with Gasteiger partial charge in [0.2, 0.25) is 12.7 Å². The average molecular weight is 550 g/mol. The molecule has 8 nitrogen and oxygen atoms in total. The van der Waals surface area contributed by atoms with Gasteiger partial charge in [0.15, 0.2) is 11.5 Å². The highest BCUT2D eigenvalue weighted by atomic mass is 32.1. The first kappa shape index (κ1) is 27.0. The first-order valence-corrected chi connectivity index (χ1v) is 14.3. The summed E-state index contributed by atoms with van der Waals surface area (Å²) in [7, 11) is 0. The second-order valence-corrected chi connectivity index (χ2v) is 11.3. The highest BCUT2D eigenvalue weighted by molar-refractivity contribution is 7.09. The van der Waals surface area contributed by atoms with E-state index in [4.69, 9.17) is 14.2 Å². The Bertz CT molecular complexity index is 1260. The smallest absolute Gasteiger partial charge is 0.322 e. The van der Waals surface area contributed by atoms with Crippen molar-refractivity contribution in [2.24, 2.45) is 0 Å². The standard InChI is InChI=1S/C30H35N3O5S/c1-21(2)23-8-10-24(11-9-23)31-30(35)33(17-25-5-3-13-36-25)19-29(34)32(18-26-6-4-14-39-26)16-22-7-12-27-28(15-22)38-20-37-27/h4,6-12,14-15,21,25H,3,5,13,16-20H2,1-2H3,(H,31,35). The molecule has 1 N–H and O–H groups in total. The zero-order valence-corrected chi connectivity index (χ0v) is 23.2. The van der Waals surface area contributed by atoms with Gasteiger partial charge in [-0.15, -0.1) is 11.3 Å². The van der Waals surface area contributed by atoms with E-state index >= 15 is 0 Å². The summed E-state index contributed by atoms with van der Waals surface area (Å²) in [4.78, 5) is 31.7. The number of hydrogen-bond acceptors (Lipinski definition) is 6.